The summed E-state index contributed by atoms with van der Waals surface area (Å²) in [5.41, 5.74) is 3.83. The summed E-state index contributed by atoms with van der Waals surface area (Å²) in [7, 11) is 1.51. The van der Waals surface area contributed by atoms with E-state index < -0.39 is 5.82 Å². The summed E-state index contributed by atoms with van der Waals surface area (Å²) in [5.74, 6) is -0.149. The van der Waals surface area contributed by atoms with Crippen LogP contribution in [0.1, 0.15) is 47.1 Å². The Hall–Kier alpha value is -2.21. The molecule has 1 aliphatic heterocycles. The van der Waals surface area contributed by atoms with E-state index in [2.05, 4.69) is 23.8 Å². The summed E-state index contributed by atoms with van der Waals surface area (Å²) in [5, 5.41) is 4.59. The number of aryl methyl sites for hydroxylation is 2. The summed E-state index contributed by atoms with van der Waals surface area (Å²) in [6.07, 6.45) is 1.77. The monoisotopic (exact) mass is 373 g/mol. The molecule has 1 aromatic carbocycles. The second kappa shape index (κ2) is 8.21. The highest BCUT2D eigenvalue weighted by Crippen LogP contribution is 2.28. The van der Waals surface area contributed by atoms with E-state index in [1.807, 2.05) is 11.6 Å². The summed E-state index contributed by atoms with van der Waals surface area (Å²) >= 11 is 0. The Labute approximate surface area is 160 Å². The van der Waals surface area contributed by atoms with Gasteiger partial charge in [-0.2, -0.15) is 5.10 Å². The number of ether oxygens (including phenoxy) is 1. The number of likely N-dealkylation sites (tertiary alicyclic amines) is 1. The van der Waals surface area contributed by atoms with Gasteiger partial charge in [0.15, 0.2) is 5.78 Å². The van der Waals surface area contributed by atoms with E-state index in [-0.39, 0.29) is 11.7 Å². The maximum atomic E-state index is 13.7. The van der Waals surface area contributed by atoms with Crippen molar-refractivity contribution in [2.24, 2.45) is 5.92 Å². The van der Waals surface area contributed by atoms with Gasteiger partial charge in [0.25, 0.3) is 0 Å². The molecule has 0 spiro atoms. The first-order chi connectivity index (χ1) is 12.9. The number of aromatic nitrogens is 2. The average Bonchev–Trinajstić information content (AvgIpc) is 2.95. The zero-order chi connectivity index (χ0) is 19.6. The lowest BCUT2D eigenvalue weighted by atomic mass is 9.89. The highest BCUT2D eigenvalue weighted by atomic mass is 19.1. The third kappa shape index (κ3) is 4.05. The van der Waals surface area contributed by atoms with E-state index in [0.717, 1.165) is 38.2 Å². The van der Waals surface area contributed by atoms with Gasteiger partial charge < -0.3 is 4.74 Å². The number of nitrogens with zero attached hydrogens (tertiary/aromatic N) is 3. The first kappa shape index (κ1) is 19.5. The predicted octanol–water partition coefficient (Wildman–Crippen LogP) is 3.76. The van der Waals surface area contributed by atoms with Gasteiger partial charge in [0.05, 0.1) is 18.4 Å². The Bertz CT molecular complexity index is 831. The van der Waals surface area contributed by atoms with Gasteiger partial charge in [-0.05, 0) is 58.4 Å². The standard InChI is InChI=1S/C21H28FN3O2/c1-5-25-15(3)19(14(2)23-25)13-24-10-6-7-16(12-24)21(26)18-11-17(22)8-9-20(18)27-4/h8-9,11,16H,5-7,10,12-13H2,1-4H3. The molecule has 0 radical (unpaired) electrons. The van der Waals surface area contributed by atoms with E-state index in [1.165, 1.54) is 36.6 Å². The molecule has 1 unspecified atom stereocenters. The Balaban J connectivity index is 1.76. The summed E-state index contributed by atoms with van der Waals surface area (Å²) in [6, 6.07) is 4.13. The Kier molecular flexibility index (Phi) is 5.95. The molecule has 27 heavy (non-hydrogen) atoms. The van der Waals surface area contributed by atoms with Crippen LogP contribution in [0.2, 0.25) is 0 Å². The number of rotatable bonds is 6. The molecular weight excluding hydrogens is 345 g/mol. The van der Waals surface area contributed by atoms with Gasteiger partial charge in [0.1, 0.15) is 11.6 Å². The molecule has 5 nitrogen and oxygen atoms in total. The minimum Gasteiger partial charge on any atom is -0.496 e. The van der Waals surface area contributed by atoms with Crippen LogP contribution in [0.4, 0.5) is 4.39 Å². The molecular formula is C21H28FN3O2. The van der Waals surface area contributed by atoms with Crippen molar-refractivity contribution < 1.29 is 13.9 Å². The van der Waals surface area contributed by atoms with Gasteiger partial charge >= 0.3 is 0 Å². The molecule has 1 atom stereocenters. The smallest absolute Gasteiger partial charge is 0.171 e. The second-order valence-corrected chi connectivity index (χ2v) is 7.25. The number of hydrogen-bond acceptors (Lipinski definition) is 4. The van der Waals surface area contributed by atoms with Crippen LogP contribution >= 0.6 is 0 Å². The molecule has 0 N–H and O–H groups in total. The van der Waals surface area contributed by atoms with Crippen molar-refractivity contribution in [1.29, 1.82) is 0 Å². The summed E-state index contributed by atoms with van der Waals surface area (Å²) in [6.45, 7) is 9.51. The zero-order valence-electron chi connectivity index (χ0n) is 16.6. The highest BCUT2D eigenvalue weighted by molar-refractivity contribution is 6.00. The molecule has 3 rings (SSSR count). The second-order valence-electron chi connectivity index (χ2n) is 7.25. The molecule has 1 fully saturated rings. The number of benzene rings is 1. The molecule has 6 heteroatoms. The number of carbonyl (C=O) groups is 1. The summed E-state index contributed by atoms with van der Waals surface area (Å²) < 4.78 is 21.0. The topological polar surface area (TPSA) is 47.4 Å². The van der Waals surface area contributed by atoms with Crippen molar-refractivity contribution in [3.05, 3.63) is 46.5 Å². The number of hydrogen-bond donors (Lipinski definition) is 0. The third-order valence-corrected chi connectivity index (χ3v) is 5.52. The molecule has 1 aliphatic rings. The van der Waals surface area contributed by atoms with Crippen molar-refractivity contribution in [3.8, 4) is 5.75 Å². The highest BCUT2D eigenvalue weighted by Gasteiger charge is 2.29. The Morgan fingerprint density at radius 3 is 2.81 bits per heavy atom. The first-order valence-electron chi connectivity index (χ1n) is 9.57. The van der Waals surface area contributed by atoms with E-state index >= 15 is 0 Å². The van der Waals surface area contributed by atoms with Gasteiger partial charge in [-0.1, -0.05) is 0 Å². The quantitative estimate of drug-likeness (QED) is 0.724. The van der Waals surface area contributed by atoms with Crippen LogP contribution in [0.25, 0.3) is 0 Å². The van der Waals surface area contributed by atoms with Crippen molar-refractivity contribution in [2.45, 2.75) is 46.7 Å². The van der Waals surface area contributed by atoms with Crippen LogP contribution < -0.4 is 4.74 Å². The van der Waals surface area contributed by atoms with Crippen LogP contribution in [-0.2, 0) is 13.1 Å². The number of Topliss-reactive ketones (excluding diaryl/α,β-unsaturated/α-hetero) is 1. The van der Waals surface area contributed by atoms with Crippen LogP contribution in [-0.4, -0.2) is 40.7 Å². The van der Waals surface area contributed by atoms with E-state index in [1.54, 1.807) is 0 Å². The lowest BCUT2D eigenvalue weighted by Gasteiger charge is -2.32. The molecule has 0 aliphatic carbocycles. The largest absolute Gasteiger partial charge is 0.496 e. The lowest BCUT2D eigenvalue weighted by Crippen LogP contribution is -2.38. The average molecular weight is 373 g/mol. The van der Waals surface area contributed by atoms with Gasteiger partial charge in [-0.3, -0.25) is 14.4 Å². The van der Waals surface area contributed by atoms with Crippen molar-refractivity contribution in [1.82, 2.24) is 14.7 Å². The van der Waals surface area contributed by atoms with E-state index in [4.69, 9.17) is 4.74 Å². The minimum absolute atomic E-state index is 0.0336. The molecule has 0 saturated carbocycles. The fourth-order valence-electron chi connectivity index (χ4n) is 4.00. The van der Waals surface area contributed by atoms with Crippen LogP contribution in [0, 0.1) is 25.6 Å². The Morgan fingerprint density at radius 1 is 1.37 bits per heavy atom. The molecule has 1 aromatic heterocycles. The van der Waals surface area contributed by atoms with Gasteiger partial charge in [-0.15, -0.1) is 0 Å². The number of halogens is 1. The maximum Gasteiger partial charge on any atom is 0.171 e. The van der Waals surface area contributed by atoms with Crippen molar-refractivity contribution in [3.63, 3.8) is 0 Å². The van der Waals surface area contributed by atoms with Gasteiger partial charge in [-0.25, -0.2) is 4.39 Å². The van der Waals surface area contributed by atoms with Crippen LogP contribution in [0.3, 0.4) is 0 Å². The van der Waals surface area contributed by atoms with Crippen LogP contribution in [0.5, 0.6) is 5.75 Å². The Morgan fingerprint density at radius 2 is 2.15 bits per heavy atom. The maximum absolute atomic E-state index is 13.7. The number of piperidine rings is 1. The summed E-state index contributed by atoms with van der Waals surface area (Å²) in [4.78, 5) is 15.3. The zero-order valence-corrected chi connectivity index (χ0v) is 16.6. The molecule has 2 heterocycles. The fraction of sp³-hybridized carbons (Fsp3) is 0.524. The molecule has 2 aromatic rings. The normalized spacial score (nSPS) is 17.9. The minimum atomic E-state index is -0.412. The van der Waals surface area contributed by atoms with Crippen molar-refractivity contribution in [2.75, 3.05) is 20.2 Å². The fourth-order valence-corrected chi connectivity index (χ4v) is 4.00. The first-order valence-corrected chi connectivity index (χ1v) is 9.57. The van der Waals surface area contributed by atoms with Crippen LogP contribution in [0.15, 0.2) is 18.2 Å². The van der Waals surface area contributed by atoms with Gasteiger partial charge in [0, 0.05) is 36.8 Å². The lowest BCUT2D eigenvalue weighted by molar-refractivity contribution is 0.0807. The molecule has 0 bridgehead atoms. The number of ketones is 1. The van der Waals surface area contributed by atoms with E-state index in [0.29, 0.717) is 17.9 Å². The van der Waals surface area contributed by atoms with Gasteiger partial charge in [0.2, 0.25) is 0 Å². The molecule has 1 saturated heterocycles. The molecule has 0 amide bonds. The van der Waals surface area contributed by atoms with E-state index in [9.17, 15) is 9.18 Å². The number of carbonyl (C=O) groups excluding carboxylic acids is 1. The predicted molar refractivity (Wildman–Crippen MR) is 103 cm³/mol. The number of methoxy groups -OCH3 is 1. The SMILES string of the molecule is CCn1nc(C)c(CN2CCCC(C(=O)c3cc(F)ccc3OC)C2)c1C. The third-order valence-electron chi connectivity index (χ3n) is 5.52. The molecule has 146 valence electrons. The van der Waals surface area contributed by atoms with Crippen molar-refractivity contribution >= 4 is 5.78 Å².